The number of carbonyl (C=O) groups is 4. The van der Waals surface area contributed by atoms with Crippen molar-refractivity contribution in [2.24, 2.45) is 17.3 Å². The van der Waals surface area contributed by atoms with Crippen LogP contribution in [0.25, 0.3) is 0 Å². The molecule has 0 heterocycles. The van der Waals surface area contributed by atoms with Gasteiger partial charge in [0.1, 0.15) is 33.0 Å². The summed E-state index contributed by atoms with van der Waals surface area (Å²) in [7, 11) is 0. The van der Waals surface area contributed by atoms with Crippen LogP contribution < -0.4 is 0 Å². The molecule has 0 aliphatic carbocycles. The second-order valence-corrected chi connectivity index (χ2v) is 12.4. The number of ether oxygens (including phenoxy) is 4. The molecule has 310 valence electrons. The summed E-state index contributed by atoms with van der Waals surface area (Å²) in [6.07, 6.45) is 15.2. The molecule has 10 heteroatoms. The maximum atomic E-state index is 13.0. The molecule has 10 nitrogen and oxygen atoms in total. The van der Waals surface area contributed by atoms with Gasteiger partial charge in [0, 0.05) is 0 Å². The largest absolute Gasteiger partial charge is 0.465 e. The predicted molar refractivity (Wildman–Crippen MR) is 213 cm³/mol. The van der Waals surface area contributed by atoms with E-state index in [0.29, 0.717) is 19.4 Å². The van der Waals surface area contributed by atoms with Crippen molar-refractivity contribution in [3.8, 4) is 0 Å². The maximum Gasteiger partial charge on any atom is 0.308 e. The van der Waals surface area contributed by atoms with Crippen LogP contribution >= 0.6 is 0 Å². The third kappa shape index (κ3) is 38.6. The lowest BCUT2D eigenvalue weighted by atomic mass is 9.78. The second kappa shape index (κ2) is 42.0. The molecular formula is C41H86O10. The Bertz CT molecular complexity index is 812. The van der Waals surface area contributed by atoms with Crippen LogP contribution in [0, 0.1) is 17.3 Å². The van der Waals surface area contributed by atoms with Crippen molar-refractivity contribution in [3.05, 3.63) is 12.7 Å². The van der Waals surface area contributed by atoms with E-state index in [-0.39, 0.29) is 102 Å². The van der Waals surface area contributed by atoms with Crippen LogP contribution in [0.15, 0.2) is 12.7 Å². The average molecular weight is 739 g/mol. The molecule has 0 N–H and O–H groups in total. The van der Waals surface area contributed by atoms with Gasteiger partial charge in [-0.05, 0) is 24.7 Å². The highest BCUT2D eigenvalue weighted by atomic mass is 17.2. The molecular weight excluding hydrogens is 652 g/mol. The van der Waals surface area contributed by atoms with Gasteiger partial charge in [0.2, 0.25) is 0 Å². The maximum absolute atomic E-state index is 13.0. The summed E-state index contributed by atoms with van der Waals surface area (Å²) < 4.78 is 20.9. The molecule has 0 spiro atoms. The van der Waals surface area contributed by atoms with E-state index in [9.17, 15) is 19.2 Å². The Balaban J connectivity index is -0.000000645. The van der Waals surface area contributed by atoms with Crippen molar-refractivity contribution in [2.75, 3.05) is 39.6 Å². The first-order valence-corrected chi connectivity index (χ1v) is 17.1. The quantitative estimate of drug-likeness (QED) is 0.0176. The Morgan fingerprint density at radius 1 is 0.608 bits per heavy atom. The van der Waals surface area contributed by atoms with Crippen molar-refractivity contribution < 1.29 is 47.9 Å². The highest BCUT2D eigenvalue weighted by molar-refractivity contribution is 5.78. The third-order valence-corrected chi connectivity index (χ3v) is 7.69. The van der Waals surface area contributed by atoms with Crippen LogP contribution in [0.5, 0.6) is 0 Å². The second-order valence-electron chi connectivity index (χ2n) is 12.4. The van der Waals surface area contributed by atoms with E-state index in [4.69, 9.17) is 28.7 Å². The Labute approximate surface area is 316 Å². The summed E-state index contributed by atoms with van der Waals surface area (Å²) in [5, 5.41) is 0. The van der Waals surface area contributed by atoms with Gasteiger partial charge in [-0.1, -0.05) is 149 Å². The molecule has 0 saturated carbocycles. The van der Waals surface area contributed by atoms with E-state index < -0.39 is 29.7 Å². The van der Waals surface area contributed by atoms with Crippen molar-refractivity contribution >= 4 is 23.9 Å². The third-order valence-electron chi connectivity index (χ3n) is 7.69. The molecule has 0 radical (unpaired) electrons. The number of unbranched alkanes of at least 4 members (excludes halogenated alkanes) is 9. The van der Waals surface area contributed by atoms with Crippen molar-refractivity contribution in [1.82, 2.24) is 0 Å². The van der Waals surface area contributed by atoms with Crippen LogP contribution in [-0.2, 0) is 47.9 Å². The van der Waals surface area contributed by atoms with Gasteiger partial charge in [-0.25, -0.2) is 9.78 Å². The van der Waals surface area contributed by atoms with Gasteiger partial charge in [0.05, 0.1) is 31.3 Å². The van der Waals surface area contributed by atoms with Crippen LogP contribution in [0.3, 0.4) is 0 Å². The lowest BCUT2D eigenvalue weighted by Crippen LogP contribution is -2.29. The highest BCUT2D eigenvalue weighted by Gasteiger charge is 2.31. The number of hydrogen-bond donors (Lipinski definition) is 0. The molecule has 0 amide bonds. The summed E-state index contributed by atoms with van der Waals surface area (Å²) >= 11 is 0. The minimum absolute atomic E-state index is 0. The minimum Gasteiger partial charge on any atom is -0.465 e. The van der Waals surface area contributed by atoms with E-state index in [1.165, 1.54) is 51.0 Å². The molecule has 0 aliphatic rings. The fourth-order valence-corrected chi connectivity index (χ4v) is 4.61. The SMILES string of the molecule is C.C.C.C.C.C.C=CCOOCCOC(=O)CCC(=O)OCCOC(=O)C(C)CC(CC(C)(C)CC)C(=O)OCCCCCCCCCCCC. The van der Waals surface area contributed by atoms with E-state index in [1.54, 1.807) is 6.92 Å². The molecule has 0 saturated heterocycles. The zero-order valence-electron chi connectivity index (χ0n) is 28.9. The standard InChI is InChI=1S/C35H62O10.6CH4/c1-7-10-11-12-13-14-15-16-17-18-22-42-34(39)30(28-35(5,6)9-3)27-29(4)33(38)43-24-23-40-31(36)19-20-32(37)41-25-26-45-44-21-8-2;;;;;;/h8,29-30H,2,7,9-28H2,1,3-6H3;6*1H4. The first kappa shape index (κ1) is 63.6. The van der Waals surface area contributed by atoms with Gasteiger partial charge in [-0.15, -0.1) is 6.58 Å². The number of esters is 4. The Kier molecular flexibility index (Phi) is 52.3. The topological polar surface area (TPSA) is 124 Å². The van der Waals surface area contributed by atoms with Crippen molar-refractivity contribution in [3.63, 3.8) is 0 Å². The molecule has 0 rings (SSSR count). The molecule has 51 heavy (non-hydrogen) atoms. The van der Waals surface area contributed by atoms with Crippen molar-refractivity contribution in [1.29, 1.82) is 0 Å². The zero-order valence-corrected chi connectivity index (χ0v) is 28.9. The van der Waals surface area contributed by atoms with Gasteiger partial charge >= 0.3 is 23.9 Å². The van der Waals surface area contributed by atoms with E-state index in [2.05, 4.69) is 34.3 Å². The predicted octanol–water partition coefficient (Wildman–Crippen LogP) is 11.3. The lowest BCUT2D eigenvalue weighted by Gasteiger charge is -2.28. The Morgan fingerprint density at radius 2 is 1.06 bits per heavy atom. The van der Waals surface area contributed by atoms with E-state index in [1.807, 2.05) is 0 Å². The normalized spacial score (nSPS) is 11.2. The average Bonchev–Trinajstić information content (AvgIpc) is 3.01. The smallest absolute Gasteiger partial charge is 0.308 e. The Hall–Kier alpha value is -2.46. The van der Waals surface area contributed by atoms with Crippen LogP contribution in [0.4, 0.5) is 0 Å². The summed E-state index contributed by atoms with van der Waals surface area (Å²) in [5.41, 5.74) is -0.0708. The lowest BCUT2D eigenvalue weighted by molar-refractivity contribution is -0.290. The number of hydrogen-bond acceptors (Lipinski definition) is 10. The van der Waals surface area contributed by atoms with Crippen LogP contribution in [0.2, 0.25) is 0 Å². The molecule has 2 unspecified atom stereocenters. The number of carbonyl (C=O) groups excluding carboxylic acids is 4. The number of rotatable bonds is 30. The highest BCUT2D eigenvalue weighted by Crippen LogP contribution is 2.33. The first-order chi connectivity index (χ1) is 21.6. The molecule has 2 atom stereocenters. The fourth-order valence-electron chi connectivity index (χ4n) is 4.61. The summed E-state index contributed by atoms with van der Waals surface area (Å²) in [4.78, 5) is 58.7. The molecule has 0 aromatic heterocycles. The molecule has 0 aromatic carbocycles. The first-order valence-electron chi connectivity index (χ1n) is 17.1. The van der Waals surface area contributed by atoms with Crippen LogP contribution in [0.1, 0.15) is 175 Å². The molecule has 0 bridgehead atoms. The summed E-state index contributed by atoms with van der Waals surface area (Å²) in [5.74, 6) is -2.82. The van der Waals surface area contributed by atoms with Gasteiger partial charge in [0.15, 0.2) is 0 Å². The van der Waals surface area contributed by atoms with Gasteiger partial charge in [-0.3, -0.25) is 19.2 Å². The van der Waals surface area contributed by atoms with Crippen molar-refractivity contribution in [2.45, 2.75) is 175 Å². The van der Waals surface area contributed by atoms with E-state index >= 15 is 0 Å². The monoisotopic (exact) mass is 739 g/mol. The van der Waals surface area contributed by atoms with Gasteiger partial charge in [0.25, 0.3) is 0 Å². The van der Waals surface area contributed by atoms with Crippen LogP contribution in [-0.4, -0.2) is 63.5 Å². The summed E-state index contributed by atoms with van der Waals surface area (Å²) in [6.45, 7) is 14.2. The zero-order chi connectivity index (χ0) is 33.8. The fraction of sp³-hybridized carbons (Fsp3) is 0.854. The summed E-state index contributed by atoms with van der Waals surface area (Å²) in [6, 6.07) is 0. The Morgan fingerprint density at radius 3 is 1.55 bits per heavy atom. The van der Waals surface area contributed by atoms with Gasteiger partial charge < -0.3 is 18.9 Å². The molecule has 0 aromatic rings. The molecule has 0 aliphatic heterocycles. The van der Waals surface area contributed by atoms with Gasteiger partial charge in [-0.2, -0.15) is 0 Å². The molecule has 0 fully saturated rings. The van der Waals surface area contributed by atoms with E-state index in [0.717, 1.165) is 25.7 Å². The minimum atomic E-state index is -0.603.